The molecular weight excluding hydrogens is 286 g/mol. The Morgan fingerprint density at radius 2 is 1.65 bits per heavy atom. The summed E-state index contributed by atoms with van der Waals surface area (Å²) in [4.78, 5) is 13.7. The summed E-state index contributed by atoms with van der Waals surface area (Å²) in [5.41, 5.74) is 2.12. The smallest absolute Gasteiger partial charge is 0.246 e. The number of hydrogen-bond acceptors (Lipinski definition) is 2. The first-order chi connectivity index (χ1) is 11.2. The van der Waals surface area contributed by atoms with Crippen molar-refractivity contribution in [1.29, 1.82) is 0 Å². The largest absolute Gasteiger partial charge is 0.489 e. The van der Waals surface area contributed by atoms with Crippen LogP contribution in [0.2, 0.25) is 0 Å². The Hall–Kier alpha value is -2.55. The number of nitrogens with zero attached hydrogens (tertiary/aromatic N) is 1. The number of hydrogen-bond donors (Lipinski definition) is 0. The molecule has 0 aliphatic carbocycles. The molecule has 3 heteroatoms. The van der Waals surface area contributed by atoms with Gasteiger partial charge in [0.2, 0.25) is 5.91 Å². The molecule has 0 aliphatic rings. The lowest BCUT2D eigenvalue weighted by atomic mass is 10.2. The topological polar surface area (TPSA) is 29.5 Å². The van der Waals surface area contributed by atoms with Gasteiger partial charge < -0.3 is 9.64 Å². The highest BCUT2D eigenvalue weighted by atomic mass is 16.5. The fourth-order valence-electron chi connectivity index (χ4n) is 2.22. The maximum absolute atomic E-state index is 11.9. The van der Waals surface area contributed by atoms with Gasteiger partial charge in [-0.1, -0.05) is 42.5 Å². The van der Waals surface area contributed by atoms with Crippen LogP contribution in [0.4, 0.5) is 0 Å². The maximum Gasteiger partial charge on any atom is 0.246 e. The molecule has 120 valence electrons. The monoisotopic (exact) mass is 309 g/mol. The van der Waals surface area contributed by atoms with Gasteiger partial charge >= 0.3 is 0 Å². The molecule has 2 aromatic carbocycles. The second-order valence-corrected chi connectivity index (χ2v) is 5.19. The van der Waals surface area contributed by atoms with Gasteiger partial charge in [-0.3, -0.25) is 4.79 Å². The van der Waals surface area contributed by atoms with Crippen LogP contribution in [0.1, 0.15) is 25.0 Å². The third-order valence-corrected chi connectivity index (χ3v) is 3.62. The van der Waals surface area contributed by atoms with E-state index in [4.69, 9.17) is 4.74 Å². The molecule has 0 atom stereocenters. The van der Waals surface area contributed by atoms with Gasteiger partial charge in [-0.05, 0) is 43.2 Å². The van der Waals surface area contributed by atoms with Gasteiger partial charge in [0.05, 0.1) is 0 Å². The highest BCUT2D eigenvalue weighted by molar-refractivity contribution is 5.91. The van der Waals surface area contributed by atoms with Crippen LogP contribution < -0.4 is 4.74 Å². The van der Waals surface area contributed by atoms with Crippen molar-refractivity contribution >= 4 is 12.0 Å². The summed E-state index contributed by atoms with van der Waals surface area (Å²) in [5, 5.41) is 0. The van der Waals surface area contributed by atoms with E-state index in [1.807, 2.05) is 74.5 Å². The highest BCUT2D eigenvalue weighted by Gasteiger charge is 2.04. The fourth-order valence-corrected chi connectivity index (χ4v) is 2.22. The molecular formula is C20H23NO2. The SMILES string of the molecule is CCN(CC)C(=O)C=Cc1ccc(OCc2ccccc2)cc1. The van der Waals surface area contributed by atoms with Crippen molar-refractivity contribution in [3.05, 3.63) is 71.8 Å². The number of likely N-dealkylation sites (N-methyl/N-ethyl adjacent to an activating group) is 1. The Morgan fingerprint density at radius 3 is 2.26 bits per heavy atom. The minimum atomic E-state index is 0.0411. The zero-order chi connectivity index (χ0) is 16.5. The van der Waals surface area contributed by atoms with Crippen molar-refractivity contribution in [2.75, 3.05) is 13.1 Å². The molecule has 0 N–H and O–H groups in total. The predicted octanol–water partition coefficient (Wildman–Crippen LogP) is 4.15. The van der Waals surface area contributed by atoms with E-state index in [2.05, 4.69) is 0 Å². The second-order valence-electron chi connectivity index (χ2n) is 5.19. The summed E-state index contributed by atoms with van der Waals surface area (Å²) in [6, 6.07) is 17.8. The van der Waals surface area contributed by atoms with Gasteiger partial charge in [0.1, 0.15) is 12.4 Å². The molecule has 0 saturated heterocycles. The van der Waals surface area contributed by atoms with Crippen LogP contribution in [-0.2, 0) is 11.4 Å². The van der Waals surface area contributed by atoms with Gasteiger partial charge in [0.25, 0.3) is 0 Å². The number of rotatable bonds is 7. The third kappa shape index (κ3) is 5.29. The van der Waals surface area contributed by atoms with E-state index in [1.54, 1.807) is 11.0 Å². The lowest BCUT2D eigenvalue weighted by Gasteiger charge is -2.15. The molecule has 3 nitrogen and oxygen atoms in total. The number of carbonyl (C=O) groups is 1. The Bertz CT molecular complexity index is 628. The minimum Gasteiger partial charge on any atom is -0.489 e. The molecule has 1 amide bonds. The zero-order valence-corrected chi connectivity index (χ0v) is 13.7. The molecule has 0 radical (unpaired) electrons. The average Bonchev–Trinajstić information content (AvgIpc) is 2.61. The van der Waals surface area contributed by atoms with Gasteiger partial charge in [-0.15, -0.1) is 0 Å². The maximum atomic E-state index is 11.9. The number of benzene rings is 2. The lowest BCUT2D eigenvalue weighted by molar-refractivity contribution is -0.125. The molecule has 0 aromatic heterocycles. The first-order valence-corrected chi connectivity index (χ1v) is 7.96. The van der Waals surface area contributed by atoms with E-state index in [1.165, 1.54) is 0 Å². The average molecular weight is 309 g/mol. The van der Waals surface area contributed by atoms with Crippen LogP contribution in [0, 0.1) is 0 Å². The van der Waals surface area contributed by atoms with Crippen molar-refractivity contribution in [2.45, 2.75) is 20.5 Å². The molecule has 0 heterocycles. The number of carbonyl (C=O) groups excluding carboxylic acids is 1. The first-order valence-electron chi connectivity index (χ1n) is 7.96. The molecule has 23 heavy (non-hydrogen) atoms. The van der Waals surface area contributed by atoms with E-state index in [0.717, 1.165) is 30.0 Å². The third-order valence-electron chi connectivity index (χ3n) is 3.62. The standard InChI is InChI=1S/C20H23NO2/c1-3-21(4-2)20(22)15-12-17-10-13-19(14-11-17)23-16-18-8-6-5-7-9-18/h5-15H,3-4,16H2,1-2H3. The molecule has 0 fully saturated rings. The highest BCUT2D eigenvalue weighted by Crippen LogP contribution is 2.15. The van der Waals surface area contributed by atoms with E-state index < -0.39 is 0 Å². The molecule has 0 aliphatic heterocycles. The number of ether oxygens (including phenoxy) is 1. The van der Waals surface area contributed by atoms with Gasteiger partial charge in [-0.25, -0.2) is 0 Å². The summed E-state index contributed by atoms with van der Waals surface area (Å²) >= 11 is 0. The summed E-state index contributed by atoms with van der Waals surface area (Å²) < 4.78 is 5.75. The molecule has 2 rings (SSSR count). The van der Waals surface area contributed by atoms with Crippen LogP contribution in [0.3, 0.4) is 0 Å². The predicted molar refractivity (Wildman–Crippen MR) is 94.2 cm³/mol. The van der Waals surface area contributed by atoms with Crippen molar-refractivity contribution in [3.63, 3.8) is 0 Å². The van der Waals surface area contributed by atoms with Gasteiger partial charge in [-0.2, -0.15) is 0 Å². The lowest BCUT2D eigenvalue weighted by Crippen LogP contribution is -2.28. The number of amides is 1. The molecule has 0 saturated carbocycles. The van der Waals surface area contributed by atoms with Crippen LogP contribution >= 0.6 is 0 Å². The fraction of sp³-hybridized carbons (Fsp3) is 0.250. The molecule has 0 unspecified atom stereocenters. The van der Waals surface area contributed by atoms with E-state index >= 15 is 0 Å². The summed E-state index contributed by atoms with van der Waals surface area (Å²) in [6.45, 7) is 5.97. The first kappa shape index (κ1) is 16.8. The molecule has 0 bridgehead atoms. The van der Waals surface area contributed by atoms with Crippen LogP contribution in [-0.4, -0.2) is 23.9 Å². The van der Waals surface area contributed by atoms with Gasteiger partial charge in [0, 0.05) is 19.2 Å². The summed E-state index contributed by atoms with van der Waals surface area (Å²) in [6.07, 6.45) is 3.45. The van der Waals surface area contributed by atoms with Crippen LogP contribution in [0.5, 0.6) is 5.75 Å². The second kappa shape index (κ2) is 8.79. The Balaban J connectivity index is 1.90. The summed E-state index contributed by atoms with van der Waals surface area (Å²) in [7, 11) is 0. The van der Waals surface area contributed by atoms with E-state index in [-0.39, 0.29) is 5.91 Å². The zero-order valence-electron chi connectivity index (χ0n) is 13.7. The van der Waals surface area contributed by atoms with Crippen LogP contribution in [0.15, 0.2) is 60.7 Å². The van der Waals surface area contributed by atoms with Gasteiger partial charge in [0.15, 0.2) is 0 Å². The van der Waals surface area contributed by atoms with Crippen molar-refractivity contribution in [3.8, 4) is 5.75 Å². The quantitative estimate of drug-likeness (QED) is 0.719. The molecule has 0 spiro atoms. The van der Waals surface area contributed by atoms with Crippen LogP contribution in [0.25, 0.3) is 6.08 Å². The van der Waals surface area contributed by atoms with E-state index in [9.17, 15) is 4.79 Å². The van der Waals surface area contributed by atoms with E-state index in [0.29, 0.717) is 6.61 Å². The van der Waals surface area contributed by atoms with Crippen molar-refractivity contribution in [1.82, 2.24) is 4.90 Å². The van der Waals surface area contributed by atoms with Crippen molar-refractivity contribution < 1.29 is 9.53 Å². The minimum absolute atomic E-state index is 0.0411. The Morgan fingerprint density at radius 1 is 1.00 bits per heavy atom. The molecule has 2 aromatic rings. The van der Waals surface area contributed by atoms with Crippen molar-refractivity contribution in [2.24, 2.45) is 0 Å². The Labute approximate surface area is 138 Å². The Kier molecular flexibility index (Phi) is 6.42. The normalized spacial score (nSPS) is 10.7. The summed E-state index contributed by atoms with van der Waals surface area (Å²) in [5.74, 6) is 0.862.